The van der Waals surface area contributed by atoms with Crippen LogP contribution >= 0.6 is 11.6 Å². The maximum absolute atomic E-state index is 13.7. The van der Waals surface area contributed by atoms with Gasteiger partial charge in [-0.2, -0.15) is 0 Å². The molecule has 0 heterocycles. The van der Waals surface area contributed by atoms with Crippen LogP contribution < -0.4 is 5.32 Å². The molecule has 0 aliphatic heterocycles. The van der Waals surface area contributed by atoms with Gasteiger partial charge >= 0.3 is 0 Å². The van der Waals surface area contributed by atoms with Crippen LogP contribution in [-0.2, 0) is 0 Å². The van der Waals surface area contributed by atoms with Crippen LogP contribution in [0.15, 0.2) is 12.1 Å². The van der Waals surface area contributed by atoms with Gasteiger partial charge in [-0.1, -0.05) is 37.8 Å². The molecule has 0 radical (unpaired) electrons. The first-order chi connectivity index (χ1) is 9.10. The Labute approximate surface area is 118 Å². The molecule has 1 saturated carbocycles. The Morgan fingerprint density at radius 2 is 2.00 bits per heavy atom. The highest BCUT2D eigenvalue weighted by atomic mass is 35.5. The SMILES string of the molecule is CCC1CCCC(Nc2c(F)cc(F)cc2Cl)CC1. The third-order valence-corrected chi connectivity index (χ3v) is 4.32. The van der Waals surface area contributed by atoms with E-state index in [1.807, 2.05) is 0 Å². The lowest BCUT2D eigenvalue weighted by atomic mass is 9.98. The smallest absolute Gasteiger partial charge is 0.150 e. The van der Waals surface area contributed by atoms with E-state index in [1.54, 1.807) is 0 Å². The Bertz CT molecular complexity index is 413. The zero-order chi connectivity index (χ0) is 13.8. The van der Waals surface area contributed by atoms with Crippen molar-refractivity contribution in [3.8, 4) is 0 Å². The summed E-state index contributed by atoms with van der Waals surface area (Å²) < 4.78 is 26.7. The van der Waals surface area contributed by atoms with Crippen molar-refractivity contribution in [1.82, 2.24) is 0 Å². The average Bonchev–Trinajstić information content (AvgIpc) is 2.58. The second-order valence-corrected chi connectivity index (χ2v) is 5.78. The van der Waals surface area contributed by atoms with Gasteiger partial charge in [0.1, 0.15) is 5.82 Å². The molecular weight excluding hydrogens is 268 g/mol. The first-order valence-corrected chi connectivity index (χ1v) is 7.39. The lowest BCUT2D eigenvalue weighted by Gasteiger charge is -2.19. The van der Waals surface area contributed by atoms with Crippen LogP contribution in [-0.4, -0.2) is 6.04 Å². The Balaban J connectivity index is 2.05. The zero-order valence-corrected chi connectivity index (χ0v) is 11.9. The number of nitrogens with one attached hydrogen (secondary N) is 1. The quantitative estimate of drug-likeness (QED) is 0.735. The maximum Gasteiger partial charge on any atom is 0.150 e. The molecule has 19 heavy (non-hydrogen) atoms. The van der Waals surface area contributed by atoms with E-state index in [2.05, 4.69) is 12.2 Å². The summed E-state index contributed by atoms with van der Waals surface area (Å²) in [5.41, 5.74) is 0.239. The Morgan fingerprint density at radius 1 is 1.21 bits per heavy atom. The van der Waals surface area contributed by atoms with Crippen molar-refractivity contribution >= 4 is 17.3 Å². The number of hydrogen-bond donors (Lipinski definition) is 1. The van der Waals surface area contributed by atoms with Crippen molar-refractivity contribution in [2.75, 3.05) is 5.32 Å². The van der Waals surface area contributed by atoms with Gasteiger partial charge in [-0.3, -0.25) is 0 Å². The Hall–Kier alpha value is -0.830. The molecule has 1 nitrogen and oxygen atoms in total. The Kier molecular flexibility index (Phi) is 5.03. The summed E-state index contributed by atoms with van der Waals surface area (Å²) >= 11 is 5.91. The number of halogens is 3. The fraction of sp³-hybridized carbons (Fsp3) is 0.600. The van der Waals surface area contributed by atoms with E-state index in [9.17, 15) is 8.78 Å². The molecule has 0 aromatic heterocycles. The van der Waals surface area contributed by atoms with Gasteiger partial charge in [-0.25, -0.2) is 8.78 Å². The number of benzene rings is 1. The minimum Gasteiger partial charge on any atom is -0.379 e. The van der Waals surface area contributed by atoms with E-state index < -0.39 is 11.6 Å². The van der Waals surface area contributed by atoms with E-state index in [0.29, 0.717) is 0 Å². The fourth-order valence-corrected chi connectivity index (χ4v) is 3.06. The largest absolute Gasteiger partial charge is 0.379 e. The van der Waals surface area contributed by atoms with Crippen LogP contribution in [0.4, 0.5) is 14.5 Å². The second-order valence-electron chi connectivity index (χ2n) is 5.37. The van der Waals surface area contributed by atoms with Crippen molar-refractivity contribution in [3.63, 3.8) is 0 Å². The molecular formula is C15H20ClF2N. The normalized spacial score (nSPS) is 24.0. The predicted molar refractivity (Wildman–Crippen MR) is 75.6 cm³/mol. The molecule has 1 aromatic carbocycles. The molecule has 106 valence electrons. The average molecular weight is 288 g/mol. The highest BCUT2D eigenvalue weighted by Gasteiger charge is 2.20. The van der Waals surface area contributed by atoms with Crippen LogP contribution in [0.2, 0.25) is 5.02 Å². The van der Waals surface area contributed by atoms with Crippen LogP contribution in [0.3, 0.4) is 0 Å². The van der Waals surface area contributed by atoms with Gasteiger partial charge in [-0.05, 0) is 31.2 Å². The fourth-order valence-electron chi connectivity index (χ4n) is 2.82. The molecule has 0 spiro atoms. The van der Waals surface area contributed by atoms with Crippen LogP contribution in [0, 0.1) is 17.6 Å². The van der Waals surface area contributed by atoms with Gasteiger partial charge in [0.2, 0.25) is 0 Å². The van der Waals surface area contributed by atoms with Gasteiger partial charge in [0.25, 0.3) is 0 Å². The maximum atomic E-state index is 13.7. The molecule has 1 N–H and O–H groups in total. The van der Waals surface area contributed by atoms with Crippen LogP contribution in [0.5, 0.6) is 0 Å². The summed E-state index contributed by atoms with van der Waals surface area (Å²) in [6.07, 6.45) is 6.80. The third-order valence-electron chi connectivity index (χ3n) is 4.02. The summed E-state index contributed by atoms with van der Waals surface area (Å²) in [5.74, 6) is -0.471. The first kappa shape index (κ1) is 14.6. The van der Waals surface area contributed by atoms with Crippen molar-refractivity contribution < 1.29 is 8.78 Å². The number of anilines is 1. The summed E-state index contributed by atoms with van der Waals surface area (Å²) in [7, 11) is 0. The molecule has 2 atom stereocenters. The topological polar surface area (TPSA) is 12.0 Å². The molecule has 1 aliphatic rings. The van der Waals surface area contributed by atoms with Gasteiger partial charge < -0.3 is 5.32 Å². The molecule has 1 aliphatic carbocycles. The standard InChI is InChI=1S/C15H20ClF2N/c1-2-10-4-3-5-12(7-6-10)19-15-13(16)8-11(17)9-14(15)18/h8-10,12,19H,2-7H2,1H3. The highest BCUT2D eigenvalue weighted by molar-refractivity contribution is 6.33. The second kappa shape index (κ2) is 6.56. The van der Waals surface area contributed by atoms with Gasteiger partial charge in [-0.15, -0.1) is 0 Å². The van der Waals surface area contributed by atoms with E-state index in [-0.39, 0.29) is 16.8 Å². The van der Waals surface area contributed by atoms with Crippen LogP contribution in [0.1, 0.15) is 45.4 Å². The molecule has 0 bridgehead atoms. The van der Waals surface area contributed by atoms with Gasteiger partial charge in [0.05, 0.1) is 10.7 Å². The predicted octanol–water partition coefficient (Wildman–Crippen LogP) is 5.39. The summed E-state index contributed by atoms with van der Waals surface area (Å²) in [6.45, 7) is 2.22. The first-order valence-electron chi connectivity index (χ1n) is 7.01. The lowest BCUT2D eigenvalue weighted by molar-refractivity contribution is 0.444. The van der Waals surface area contributed by atoms with E-state index in [1.165, 1.54) is 12.8 Å². The Morgan fingerprint density at radius 3 is 2.68 bits per heavy atom. The van der Waals surface area contributed by atoms with E-state index in [4.69, 9.17) is 11.6 Å². The molecule has 4 heteroatoms. The zero-order valence-electron chi connectivity index (χ0n) is 11.2. The summed E-state index contributed by atoms with van der Waals surface area (Å²) in [4.78, 5) is 0. The monoisotopic (exact) mass is 287 g/mol. The van der Waals surface area contributed by atoms with Crippen molar-refractivity contribution in [1.29, 1.82) is 0 Å². The molecule has 0 amide bonds. The minimum atomic E-state index is -0.639. The molecule has 2 unspecified atom stereocenters. The van der Waals surface area contributed by atoms with Crippen molar-refractivity contribution in [2.24, 2.45) is 5.92 Å². The number of hydrogen-bond acceptors (Lipinski definition) is 1. The van der Waals surface area contributed by atoms with E-state index in [0.717, 1.165) is 43.7 Å². The van der Waals surface area contributed by atoms with Crippen molar-refractivity contribution in [2.45, 2.75) is 51.5 Å². The summed E-state index contributed by atoms with van der Waals surface area (Å²) in [6, 6.07) is 2.26. The molecule has 2 rings (SSSR count). The van der Waals surface area contributed by atoms with E-state index >= 15 is 0 Å². The molecule has 1 fully saturated rings. The number of rotatable bonds is 3. The third kappa shape index (κ3) is 3.82. The summed E-state index contributed by atoms with van der Waals surface area (Å²) in [5, 5.41) is 3.27. The van der Waals surface area contributed by atoms with Gasteiger partial charge in [0, 0.05) is 12.1 Å². The molecule has 1 aromatic rings. The minimum absolute atomic E-state index is 0.119. The van der Waals surface area contributed by atoms with Crippen LogP contribution in [0.25, 0.3) is 0 Å². The van der Waals surface area contributed by atoms with Crippen molar-refractivity contribution in [3.05, 3.63) is 28.8 Å². The highest BCUT2D eigenvalue weighted by Crippen LogP contribution is 2.31. The molecule has 0 saturated heterocycles. The lowest BCUT2D eigenvalue weighted by Crippen LogP contribution is -2.19. The van der Waals surface area contributed by atoms with Gasteiger partial charge in [0.15, 0.2) is 5.82 Å².